The van der Waals surface area contributed by atoms with Crippen LogP contribution < -0.4 is 0 Å². The maximum absolute atomic E-state index is 11.5. The third-order valence-electron chi connectivity index (χ3n) is 2.78. The predicted octanol–water partition coefficient (Wildman–Crippen LogP) is 3.08. The fourth-order valence-electron chi connectivity index (χ4n) is 1.95. The SMILES string of the molecule is CC(C)c1ccc2c(cnn2C)c1C(=O)Cl. The van der Waals surface area contributed by atoms with E-state index in [1.807, 2.05) is 33.0 Å². The van der Waals surface area contributed by atoms with Gasteiger partial charge in [-0.1, -0.05) is 19.9 Å². The Morgan fingerprint density at radius 1 is 1.44 bits per heavy atom. The number of fused-ring (bicyclic) bond motifs is 1. The molecule has 0 radical (unpaired) electrons. The van der Waals surface area contributed by atoms with Gasteiger partial charge in [0.05, 0.1) is 11.7 Å². The largest absolute Gasteiger partial charge is 0.276 e. The number of carbonyl (C=O) groups is 1. The second kappa shape index (κ2) is 3.91. The molecule has 16 heavy (non-hydrogen) atoms. The molecule has 2 rings (SSSR count). The first kappa shape index (κ1) is 11.1. The maximum Gasteiger partial charge on any atom is 0.253 e. The van der Waals surface area contributed by atoms with Crippen molar-refractivity contribution in [3.05, 3.63) is 29.5 Å². The lowest BCUT2D eigenvalue weighted by Crippen LogP contribution is -2.01. The molecule has 0 atom stereocenters. The first-order valence-electron chi connectivity index (χ1n) is 5.16. The van der Waals surface area contributed by atoms with Crippen molar-refractivity contribution in [1.82, 2.24) is 9.78 Å². The van der Waals surface area contributed by atoms with Gasteiger partial charge < -0.3 is 0 Å². The monoisotopic (exact) mass is 236 g/mol. The number of carbonyl (C=O) groups excluding carboxylic acids is 1. The minimum Gasteiger partial charge on any atom is -0.276 e. The van der Waals surface area contributed by atoms with Crippen molar-refractivity contribution in [3.8, 4) is 0 Å². The van der Waals surface area contributed by atoms with Crippen molar-refractivity contribution in [2.45, 2.75) is 19.8 Å². The van der Waals surface area contributed by atoms with Crippen LogP contribution >= 0.6 is 11.6 Å². The highest BCUT2D eigenvalue weighted by atomic mass is 35.5. The molecule has 0 aliphatic carbocycles. The van der Waals surface area contributed by atoms with E-state index in [2.05, 4.69) is 5.10 Å². The highest BCUT2D eigenvalue weighted by molar-refractivity contribution is 6.68. The van der Waals surface area contributed by atoms with Gasteiger partial charge >= 0.3 is 0 Å². The first-order valence-corrected chi connectivity index (χ1v) is 5.54. The smallest absolute Gasteiger partial charge is 0.253 e. The number of aryl methyl sites for hydroxylation is 1. The van der Waals surface area contributed by atoms with Gasteiger partial charge in [-0.05, 0) is 29.1 Å². The topological polar surface area (TPSA) is 34.9 Å². The summed E-state index contributed by atoms with van der Waals surface area (Å²) in [4.78, 5) is 11.5. The molecule has 4 heteroatoms. The fraction of sp³-hybridized carbons (Fsp3) is 0.333. The number of nitrogens with zero attached hydrogens (tertiary/aromatic N) is 2. The lowest BCUT2D eigenvalue weighted by Gasteiger charge is -2.10. The van der Waals surface area contributed by atoms with Gasteiger partial charge in [0, 0.05) is 18.0 Å². The molecular weight excluding hydrogens is 224 g/mol. The summed E-state index contributed by atoms with van der Waals surface area (Å²) < 4.78 is 1.74. The van der Waals surface area contributed by atoms with Crippen LogP contribution in [-0.2, 0) is 7.05 Å². The Kier molecular flexibility index (Phi) is 2.72. The predicted molar refractivity (Wildman–Crippen MR) is 65.0 cm³/mol. The summed E-state index contributed by atoms with van der Waals surface area (Å²) in [5.41, 5.74) is 2.48. The van der Waals surface area contributed by atoms with Gasteiger partial charge in [-0.25, -0.2) is 0 Å². The minimum absolute atomic E-state index is 0.266. The van der Waals surface area contributed by atoms with E-state index in [-0.39, 0.29) is 5.92 Å². The average Bonchev–Trinajstić information content (AvgIpc) is 2.58. The third-order valence-corrected chi connectivity index (χ3v) is 2.97. The summed E-state index contributed by atoms with van der Waals surface area (Å²) >= 11 is 5.66. The van der Waals surface area contributed by atoms with E-state index in [0.717, 1.165) is 16.5 Å². The van der Waals surface area contributed by atoms with Crippen LogP contribution in [0, 0.1) is 0 Å². The molecule has 1 aromatic heterocycles. The molecule has 2 aromatic rings. The zero-order valence-corrected chi connectivity index (χ0v) is 10.2. The molecule has 0 amide bonds. The molecule has 0 saturated heterocycles. The van der Waals surface area contributed by atoms with Gasteiger partial charge in [0.25, 0.3) is 5.24 Å². The zero-order valence-electron chi connectivity index (χ0n) is 9.49. The lowest BCUT2D eigenvalue weighted by atomic mass is 9.95. The number of hydrogen-bond acceptors (Lipinski definition) is 2. The Balaban J connectivity index is 2.85. The van der Waals surface area contributed by atoms with Crippen molar-refractivity contribution in [1.29, 1.82) is 0 Å². The van der Waals surface area contributed by atoms with Gasteiger partial charge in [-0.15, -0.1) is 0 Å². The molecule has 1 aromatic carbocycles. The number of aromatic nitrogens is 2. The molecule has 0 fully saturated rings. The quantitative estimate of drug-likeness (QED) is 0.751. The molecule has 84 valence electrons. The van der Waals surface area contributed by atoms with E-state index in [1.165, 1.54) is 0 Å². The number of benzene rings is 1. The Morgan fingerprint density at radius 2 is 2.12 bits per heavy atom. The van der Waals surface area contributed by atoms with Crippen LogP contribution in [0.1, 0.15) is 35.7 Å². The summed E-state index contributed by atoms with van der Waals surface area (Å²) in [6, 6.07) is 3.92. The van der Waals surface area contributed by atoms with Crippen molar-refractivity contribution < 1.29 is 4.79 Å². The number of hydrogen-bond donors (Lipinski definition) is 0. The molecule has 0 unspecified atom stereocenters. The summed E-state index contributed by atoms with van der Waals surface area (Å²) in [6.45, 7) is 4.09. The second-order valence-electron chi connectivity index (χ2n) is 4.16. The summed E-state index contributed by atoms with van der Waals surface area (Å²) in [5, 5.41) is 4.56. The second-order valence-corrected chi connectivity index (χ2v) is 4.50. The lowest BCUT2D eigenvalue weighted by molar-refractivity contribution is 0.108. The summed E-state index contributed by atoms with van der Waals surface area (Å²) in [7, 11) is 1.85. The van der Waals surface area contributed by atoms with Crippen LogP contribution in [0.3, 0.4) is 0 Å². The molecule has 0 N–H and O–H groups in total. The van der Waals surface area contributed by atoms with E-state index in [9.17, 15) is 4.79 Å². The van der Waals surface area contributed by atoms with Gasteiger partial charge in [0.2, 0.25) is 0 Å². The van der Waals surface area contributed by atoms with Crippen molar-refractivity contribution in [2.75, 3.05) is 0 Å². The molecule has 1 heterocycles. The van der Waals surface area contributed by atoms with Crippen LogP contribution in [0.5, 0.6) is 0 Å². The Morgan fingerprint density at radius 3 is 2.69 bits per heavy atom. The van der Waals surface area contributed by atoms with Crippen molar-refractivity contribution in [3.63, 3.8) is 0 Å². The van der Waals surface area contributed by atoms with Gasteiger partial charge in [-0.2, -0.15) is 5.10 Å². The molecular formula is C12H13ClN2O. The molecule has 0 aliphatic rings. The van der Waals surface area contributed by atoms with Crippen molar-refractivity contribution >= 4 is 27.7 Å². The standard InChI is InChI=1S/C12H13ClN2O/c1-7(2)8-4-5-10-9(6-14-15(10)3)11(8)12(13)16/h4-7H,1-3H3. The Labute approximate surface area is 99.0 Å². The minimum atomic E-state index is -0.415. The highest BCUT2D eigenvalue weighted by Crippen LogP contribution is 2.28. The van der Waals surface area contributed by atoms with E-state index < -0.39 is 5.24 Å². The Bertz CT molecular complexity index is 557. The summed E-state index contributed by atoms with van der Waals surface area (Å²) in [5.74, 6) is 0.266. The third kappa shape index (κ3) is 1.61. The summed E-state index contributed by atoms with van der Waals surface area (Å²) in [6.07, 6.45) is 1.69. The molecule has 0 aliphatic heterocycles. The van der Waals surface area contributed by atoms with Gasteiger partial charge in [0.15, 0.2) is 0 Å². The van der Waals surface area contributed by atoms with Crippen LogP contribution in [0.4, 0.5) is 0 Å². The molecule has 0 bridgehead atoms. The van der Waals surface area contributed by atoms with E-state index in [4.69, 9.17) is 11.6 Å². The first-order chi connectivity index (χ1) is 7.52. The van der Waals surface area contributed by atoms with Crippen LogP contribution in [0.25, 0.3) is 10.9 Å². The van der Waals surface area contributed by atoms with E-state index in [1.54, 1.807) is 10.9 Å². The van der Waals surface area contributed by atoms with Crippen LogP contribution in [-0.4, -0.2) is 15.0 Å². The van der Waals surface area contributed by atoms with Crippen molar-refractivity contribution in [2.24, 2.45) is 7.05 Å². The van der Waals surface area contributed by atoms with Crippen LogP contribution in [0.2, 0.25) is 0 Å². The molecule has 0 saturated carbocycles. The van der Waals surface area contributed by atoms with E-state index >= 15 is 0 Å². The van der Waals surface area contributed by atoms with Gasteiger partial charge in [-0.3, -0.25) is 9.48 Å². The van der Waals surface area contributed by atoms with Crippen LogP contribution in [0.15, 0.2) is 18.3 Å². The number of halogens is 1. The average molecular weight is 237 g/mol. The molecule has 3 nitrogen and oxygen atoms in total. The normalized spacial score (nSPS) is 11.3. The van der Waals surface area contributed by atoms with Gasteiger partial charge in [0.1, 0.15) is 0 Å². The zero-order chi connectivity index (χ0) is 11.9. The molecule has 0 spiro atoms. The fourth-order valence-corrected chi connectivity index (χ4v) is 2.16. The van der Waals surface area contributed by atoms with E-state index in [0.29, 0.717) is 5.56 Å². The maximum atomic E-state index is 11.5. The number of rotatable bonds is 2. The highest BCUT2D eigenvalue weighted by Gasteiger charge is 2.17. The Hall–Kier alpha value is -1.35.